The third-order valence-electron chi connectivity index (χ3n) is 2.51. The fraction of sp³-hybridized carbons (Fsp3) is 0.500. The Balaban J connectivity index is 2.23. The van der Waals surface area contributed by atoms with Crippen LogP contribution >= 0.6 is 11.6 Å². The first-order valence-corrected chi connectivity index (χ1v) is 8.16. The van der Waals surface area contributed by atoms with Gasteiger partial charge in [-0.25, -0.2) is 8.42 Å². The highest BCUT2D eigenvalue weighted by Gasteiger charge is 2.04. The third kappa shape index (κ3) is 6.83. The number of nitrogens with one attached hydrogen (secondary N) is 1. The van der Waals surface area contributed by atoms with Crippen LogP contribution in [-0.4, -0.2) is 52.0 Å². The molecule has 18 heavy (non-hydrogen) atoms. The molecule has 0 unspecified atom stereocenters. The van der Waals surface area contributed by atoms with Gasteiger partial charge in [0.05, 0.1) is 5.75 Å². The van der Waals surface area contributed by atoms with E-state index in [0.29, 0.717) is 11.6 Å². The largest absolute Gasteiger partial charge is 0.384 e. The highest BCUT2D eigenvalue weighted by atomic mass is 35.5. The van der Waals surface area contributed by atoms with E-state index in [4.69, 9.17) is 11.6 Å². The monoisotopic (exact) mass is 290 g/mol. The molecule has 4 nitrogen and oxygen atoms in total. The minimum Gasteiger partial charge on any atom is -0.384 e. The summed E-state index contributed by atoms with van der Waals surface area (Å²) in [6.07, 6.45) is 1.26. The zero-order valence-electron chi connectivity index (χ0n) is 10.7. The Hall–Kier alpha value is -0.780. The first-order chi connectivity index (χ1) is 8.37. The van der Waals surface area contributed by atoms with Crippen LogP contribution < -0.4 is 5.32 Å². The minimum atomic E-state index is -2.88. The average Bonchev–Trinajstić information content (AvgIpc) is 2.28. The molecule has 1 rings (SSSR count). The van der Waals surface area contributed by atoms with Crippen molar-refractivity contribution in [1.82, 2.24) is 4.90 Å². The van der Waals surface area contributed by atoms with Crippen LogP contribution in [0.25, 0.3) is 0 Å². The Morgan fingerprint density at radius 1 is 1.22 bits per heavy atom. The Morgan fingerprint density at radius 3 is 2.39 bits per heavy atom. The van der Waals surface area contributed by atoms with E-state index in [0.717, 1.165) is 18.8 Å². The van der Waals surface area contributed by atoms with E-state index >= 15 is 0 Å². The van der Waals surface area contributed by atoms with Crippen LogP contribution in [-0.2, 0) is 9.84 Å². The fourth-order valence-corrected chi connectivity index (χ4v) is 2.16. The van der Waals surface area contributed by atoms with E-state index in [1.54, 1.807) is 0 Å². The summed E-state index contributed by atoms with van der Waals surface area (Å²) < 4.78 is 22.0. The van der Waals surface area contributed by atoms with Crippen molar-refractivity contribution in [1.29, 1.82) is 0 Å². The number of anilines is 1. The molecule has 0 saturated heterocycles. The third-order valence-corrected chi connectivity index (χ3v) is 3.69. The average molecular weight is 291 g/mol. The minimum absolute atomic E-state index is 0.199. The van der Waals surface area contributed by atoms with Crippen LogP contribution in [0.15, 0.2) is 24.3 Å². The first kappa shape index (κ1) is 15.3. The van der Waals surface area contributed by atoms with Gasteiger partial charge in [0.2, 0.25) is 0 Å². The summed E-state index contributed by atoms with van der Waals surface area (Å²) in [5, 5.41) is 3.96. The van der Waals surface area contributed by atoms with Gasteiger partial charge in [0.1, 0.15) is 9.84 Å². The lowest BCUT2D eigenvalue weighted by molar-refractivity contribution is 0.367. The standard InChI is InChI=1S/C12H19ClN2O2S/c1-15(9-10-18(2,16)17)8-7-14-12-5-3-11(13)4-6-12/h3-6,14H,7-10H2,1-2H3. The van der Waals surface area contributed by atoms with Gasteiger partial charge in [0.25, 0.3) is 0 Å². The van der Waals surface area contributed by atoms with Crippen molar-refractivity contribution >= 4 is 27.1 Å². The lowest BCUT2D eigenvalue weighted by Crippen LogP contribution is -2.29. The summed E-state index contributed by atoms with van der Waals surface area (Å²) in [5.41, 5.74) is 1.01. The molecular weight excluding hydrogens is 272 g/mol. The predicted octanol–water partition coefficient (Wildman–Crippen LogP) is 1.73. The van der Waals surface area contributed by atoms with Crippen molar-refractivity contribution in [2.24, 2.45) is 0 Å². The summed E-state index contributed by atoms with van der Waals surface area (Å²) in [7, 11) is -0.966. The number of halogens is 1. The Bertz CT molecular complexity index is 459. The maximum absolute atomic E-state index is 11.0. The van der Waals surface area contributed by atoms with Gasteiger partial charge < -0.3 is 10.2 Å². The van der Waals surface area contributed by atoms with Crippen LogP contribution in [0.4, 0.5) is 5.69 Å². The van der Waals surface area contributed by atoms with Gasteiger partial charge in [0, 0.05) is 36.6 Å². The molecule has 0 bridgehead atoms. The molecule has 102 valence electrons. The van der Waals surface area contributed by atoms with E-state index in [9.17, 15) is 8.42 Å². The van der Waals surface area contributed by atoms with E-state index in [1.165, 1.54) is 6.26 Å². The number of hydrogen-bond acceptors (Lipinski definition) is 4. The SMILES string of the molecule is CN(CCNc1ccc(Cl)cc1)CCS(C)(=O)=O. The normalized spacial score (nSPS) is 11.8. The molecule has 1 aromatic rings. The van der Waals surface area contributed by atoms with Gasteiger partial charge in [-0.1, -0.05) is 11.6 Å². The molecule has 0 aliphatic carbocycles. The molecule has 0 aliphatic rings. The molecule has 0 heterocycles. The fourth-order valence-electron chi connectivity index (χ4n) is 1.39. The zero-order valence-corrected chi connectivity index (χ0v) is 12.3. The Kier molecular flexibility index (Phi) is 5.91. The molecule has 0 atom stereocenters. The number of likely N-dealkylation sites (N-methyl/N-ethyl adjacent to an activating group) is 1. The van der Waals surface area contributed by atoms with E-state index in [2.05, 4.69) is 5.32 Å². The molecule has 1 N–H and O–H groups in total. The van der Waals surface area contributed by atoms with E-state index in [-0.39, 0.29) is 5.75 Å². The van der Waals surface area contributed by atoms with Gasteiger partial charge >= 0.3 is 0 Å². The van der Waals surface area contributed by atoms with Crippen molar-refractivity contribution in [3.63, 3.8) is 0 Å². The maximum Gasteiger partial charge on any atom is 0.148 e. The molecule has 0 radical (unpaired) electrons. The van der Waals surface area contributed by atoms with Gasteiger partial charge in [-0.05, 0) is 31.3 Å². The second kappa shape index (κ2) is 6.97. The second-order valence-electron chi connectivity index (χ2n) is 4.37. The molecule has 0 spiro atoms. The Morgan fingerprint density at radius 2 is 1.83 bits per heavy atom. The van der Waals surface area contributed by atoms with Crippen LogP contribution in [0.5, 0.6) is 0 Å². The highest BCUT2D eigenvalue weighted by molar-refractivity contribution is 7.90. The molecule has 0 saturated carbocycles. The van der Waals surface area contributed by atoms with Crippen molar-refractivity contribution in [3.8, 4) is 0 Å². The molecule has 0 fully saturated rings. The van der Waals surface area contributed by atoms with Crippen molar-refractivity contribution in [2.75, 3.05) is 44.0 Å². The second-order valence-corrected chi connectivity index (χ2v) is 7.06. The van der Waals surface area contributed by atoms with E-state index < -0.39 is 9.84 Å². The van der Waals surface area contributed by atoms with Crippen molar-refractivity contribution in [2.45, 2.75) is 0 Å². The van der Waals surface area contributed by atoms with E-state index in [1.807, 2.05) is 36.2 Å². The van der Waals surface area contributed by atoms with Gasteiger partial charge in [-0.3, -0.25) is 0 Å². The van der Waals surface area contributed by atoms with Crippen molar-refractivity contribution in [3.05, 3.63) is 29.3 Å². The number of hydrogen-bond donors (Lipinski definition) is 1. The quantitative estimate of drug-likeness (QED) is 0.831. The molecule has 0 aliphatic heterocycles. The van der Waals surface area contributed by atoms with Crippen LogP contribution in [0, 0.1) is 0 Å². The number of rotatable bonds is 7. The van der Waals surface area contributed by atoms with Gasteiger partial charge in [0.15, 0.2) is 0 Å². The number of benzene rings is 1. The van der Waals surface area contributed by atoms with Gasteiger partial charge in [-0.2, -0.15) is 0 Å². The Labute approximate surface area is 114 Å². The summed E-state index contributed by atoms with van der Waals surface area (Å²) in [5.74, 6) is 0.199. The molecule has 6 heteroatoms. The maximum atomic E-state index is 11.0. The van der Waals surface area contributed by atoms with Crippen LogP contribution in [0.3, 0.4) is 0 Å². The van der Waals surface area contributed by atoms with Crippen LogP contribution in [0.2, 0.25) is 5.02 Å². The van der Waals surface area contributed by atoms with Crippen LogP contribution in [0.1, 0.15) is 0 Å². The topological polar surface area (TPSA) is 49.4 Å². The summed E-state index contributed by atoms with van der Waals surface area (Å²) >= 11 is 5.79. The predicted molar refractivity (Wildman–Crippen MR) is 77.1 cm³/mol. The molecule has 0 amide bonds. The lowest BCUT2D eigenvalue weighted by Gasteiger charge is -2.16. The summed E-state index contributed by atoms with van der Waals surface area (Å²) in [6.45, 7) is 2.11. The summed E-state index contributed by atoms with van der Waals surface area (Å²) in [4.78, 5) is 1.99. The lowest BCUT2D eigenvalue weighted by atomic mass is 10.3. The summed E-state index contributed by atoms with van der Waals surface area (Å²) in [6, 6.07) is 7.49. The number of nitrogens with zero attached hydrogens (tertiary/aromatic N) is 1. The highest BCUT2D eigenvalue weighted by Crippen LogP contribution is 2.12. The zero-order chi connectivity index (χ0) is 13.6. The smallest absolute Gasteiger partial charge is 0.148 e. The van der Waals surface area contributed by atoms with Gasteiger partial charge in [-0.15, -0.1) is 0 Å². The molecule has 0 aromatic heterocycles. The first-order valence-electron chi connectivity index (χ1n) is 5.72. The molecular formula is C12H19ClN2O2S. The number of sulfone groups is 1. The molecule has 1 aromatic carbocycles. The van der Waals surface area contributed by atoms with Crippen molar-refractivity contribution < 1.29 is 8.42 Å².